The summed E-state index contributed by atoms with van der Waals surface area (Å²) in [6.07, 6.45) is 1.83. The number of anilines is 2. The van der Waals surface area contributed by atoms with Gasteiger partial charge in [-0.15, -0.1) is 11.3 Å². The summed E-state index contributed by atoms with van der Waals surface area (Å²) in [5.74, 6) is 1.89. The zero-order valence-corrected chi connectivity index (χ0v) is 9.08. The molecule has 2 aromatic heterocycles. The molecule has 0 aromatic carbocycles. The Kier molecular flexibility index (Phi) is 2.77. The second-order valence-electron chi connectivity index (χ2n) is 3.05. The molecular formula is C9H11N5S. The van der Waals surface area contributed by atoms with Gasteiger partial charge in [0.25, 0.3) is 0 Å². The van der Waals surface area contributed by atoms with E-state index >= 15 is 0 Å². The van der Waals surface area contributed by atoms with E-state index in [1.54, 1.807) is 22.9 Å². The zero-order chi connectivity index (χ0) is 10.7. The van der Waals surface area contributed by atoms with E-state index in [-0.39, 0.29) is 0 Å². The molecule has 0 atom stereocenters. The van der Waals surface area contributed by atoms with E-state index in [4.69, 9.17) is 5.73 Å². The summed E-state index contributed by atoms with van der Waals surface area (Å²) in [5, 5.41) is 3.17. The van der Waals surface area contributed by atoms with Crippen LogP contribution in [0.4, 0.5) is 11.6 Å². The minimum Gasteiger partial charge on any atom is -0.384 e. The van der Waals surface area contributed by atoms with Gasteiger partial charge in [-0.2, -0.15) is 0 Å². The molecule has 3 N–H and O–H groups in total. The molecule has 2 aromatic rings. The van der Waals surface area contributed by atoms with Crippen molar-refractivity contribution in [2.45, 2.75) is 13.5 Å². The highest BCUT2D eigenvalue weighted by atomic mass is 32.1. The molecule has 78 valence electrons. The van der Waals surface area contributed by atoms with Gasteiger partial charge < -0.3 is 11.1 Å². The van der Waals surface area contributed by atoms with Gasteiger partial charge in [-0.1, -0.05) is 0 Å². The minimum absolute atomic E-state index is 0.481. The summed E-state index contributed by atoms with van der Waals surface area (Å²) in [6.45, 7) is 2.52. The Morgan fingerprint density at radius 2 is 2.33 bits per heavy atom. The second-order valence-corrected chi connectivity index (χ2v) is 4.02. The Morgan fingerprint density at radius 3 is 3.00 bits per heavy atom. The van der Waals surface area contributed by atoms with E-state index in [2.05, 4.69) is 20.3 Å². The standard InChI is InChI=1S/C9H11N5S/c1-6-13-8(10)2-9(14-6)12-4-7-3-11-5-15-7/h2-3,5H,4H2,1H3,(H3,10,12,13,14). The molecule has 0 spiro atoms. The largest absolute Gasteiger partial charge is 0.384 e. The summed E-state index contributed by atoms with van der Waals surface area (Å²) in [4.78, 5) is 13.4. The first kappa shape index (κ1) is 9.85. The molecule has 0 amide bonds. The molecule has 0 saturated heterocycles. The van der Waals surface area contributed by atoms with Crippen LogP contribution in [0.3, 0.4) is 0 Å². The average Bonchev–Trinajstić information content (AvgIpc) is 2.65. The predicted molar refractivity (Wildman–Crippen MR) is 60.6 cm³/mol. The quantitative estimate of drug-likeness (QED) is 0.820. The van der Waals surface area contributed by atoms with Crippen LogP contribution in [0.15, 0.2) is 17.8 Å². The maximum atomic E-state index is 5.61. The summed E-state index contributed by atoms with van der Waals surface area (Å²) in [5.41, 5.74) is 7.41. The van der Waals surface area contributed by atoms with Gasteiger partial charge >= 0.3 is 0 Å². The zero-order valence-electron chi connectivity index (χ0n) is 8.27. The maximum absolute atomic E-state index is 5.61. The number of aryl methyl sites for hydroxylation is 1. The van der Waals surface area contributed by atoms with Crippen LogP contribution >= 0.6 is 11.3 Å². The van der Waals surface area contributed by atoms with E-state index in [1.807, 2.05) is 13.1 Å². The van der Waals surface area contributed by atoms with E-state index < -0.39 is 0 Å². The van der Waals surface area contributed by atoms with Crippen LogP contribution in [-0.4, -0.2) is 15.0 Å². The highest BCUT2D eigenvalue weighted by Crippen LogP contribution is 2.11. The van der Waals surface area contributed by atoms with Gasteiger partial charge in [-0.05, 0) is 6.92 Å². The van der Waals surface area contributed by atoms with Gasteiger partial charge in [0.05, 0.1) is 12.1 Å². The summed E-state index contributed by atoms with van der Waals surface area (Å²) in [6, 6.07) is 1.72. The number of nitrogens with two attached hydrogens (primary N) is 1. The monoisotopic (exact) mass is 221 g/mol. The smallest absolute Gasteiger partial charge is 0.132 e. The average molecular weight is 221 g/mol. The van der Waals surface area contributed by atoms with Crippen LogP contribution in [0.1, 0.15) is 10.7 Å². The molecule has 0 aliphatic rings. The van der Waals surface area contributed by atoms with Crippen LogP contribution in [0.25, 0.3) is 0 Å². The van der Waals surface area contributed by atoms with Crippen molar-refractivity contribution in [1.29, 1.82) is 0 Å². The molecule has 6 heteroatoms. The van der Waals surface area contributed by atoms with Crippen molar-refractivity contribution in [3.8, 4) is 0 Å². The van der Waals surface area contributed by atoms with Crippen molar-refractivity contribution >= 4 is 23.0 Å². The lowest BCUT2D eigenvalue weighted by Gasteiger charge is -2.04. The summed E-state index contributed by atoms with van der Waals surface area (Å²) in [7, 11) is 0. The SMILES string of the molecule is Cc1nc(N)cc(NCc2cncs2)n1. The molecule has 5 nitrogen and oxygen atoms in total. The highest BCUT2D eigenvalue weighted by Gasteiger charge is 1.99. The van der Waals surface area contributed by atoms with E-state index in [1.165, 1.54) is 0 Å². The van der Waals surface area contributed by atoms with Gasteiger partial charge in [-0.25, -0.2) is 9.97 Å². The fourth-order valence-corrected chi connectivity index (χ4v) is 1.72. The molecule has 2 heterocycles. The lowest BCUT2D eigenvalue weighted by atomic mass is 10.4. The van der Waals surface area contributed by atoms with Gasteiger partial charge in [-0.3, -0.25) is 4.98 Å². The van der Waals surface area contributed by atoms with Crippen LogP contribution in [-0.2, 0) is 6.54 Å². The maximum Gasteiger partial charge on any atom is 0.132 e. The van der Waals surface area contributed by atoms with Gasteiger partial charge in [0.15, 0.2) is 0 Å². The Bertz CT molecular complexity index is 420. The van der Waals surface area contributed by atoms with Crippen LogP contribution in [0.2, 0.25) is 0 Å². The van der Waals surface area contributed by atoms with E-state index in [0.717, 1.165) is 10.7 Å². The first-order valence-electron chi connectivity index (χ1n) is 4.46. The van der Waals surface area contributed by atoms with Gasteiger partial charge in [0, 0.05) is 17.1 Å². The number of hydrogen-bond acceptors (Lipinski definition) is 6. The number of thiazole rings is 1. The third-order valence-corrected chi connectivity index (χ3v) is 2.56. The number of aromatic nitrogens is 3. The number of nitrogen functional groups attached to an aromatic ring is 1. The topological polar surface area (TPSA) is 76.7 Å². The van der Waals surface area contributed by atoms with Crippen LogP contribution in [0, 0.1) is 6.92 Å². The van der Waals surface area contributed by atoms with E-state index in [0.29, 0.717) is 18.2 Å². The van der Waals surface area contributed by atoms with Crippen molar-refractivity contribution < 1.29 is 0 Å². The lowest BCUT2D eigenvalue weighted by molar-refractivity contribution is 1.03. The minimum atomic E-state index is 0.481. The van der Waals surface area contributed by atoms with Crippen molar-refractivity contribution in [2.24, 2.45) is 0 Å². The molecule has 0 bridgehead atoms. The predicted octanol–water partition coefficient (Wildman–Crippen LogP) is 1.44. The fraction of sp³-hybridized carbons (Fsp3) is 0.222. The molecule has 0 radical (unpaired) electrons. The van der Waals surface area contributed by atoms with Crippen molar-refractivity contribution in [2.75, 3.05) is 11.1 Å². The van der Waals surface area contributed by atoms with E-state index in [9.17, 15) is 0 Å². The molecular weight excluding hydrogens is 210 g/mol. The Morgan fingerprint density at radius 1 is 1.47 bits per heavy atom. The molecule has 0 aliphatic heterocycles. The number of nitrogens with zero attached hydrogens (tertiary/aromatic N) is 3. The fourth-order valence-electron chi connectivity index (χ4n) is 1.19. The Balaban J connectivity index is 2.05. The molecule has 2 rings (SSSR count). The third kappa shape index (κ3) is 2.63. The first-order chi connectivity index (χ1) is 7.24. The summed E-state index contributed by atoms with van der Waals surface area (Å²) < 4.78 is 0. The van der Waals surface area contributed by atoms with Crippen LogP contribution < -0.4 is 11.1 Å². The van der Waals surface area contributed by atoms with Crippen LogP contribution in [0.5, 0.6) is 0 Å². The highest BCUT2D eigenvalue weighted by molar-refractivity contribution is 7.09. The molecule has 15 heavy (non-hydrogen) atoms. The van der Waals surface area contributed by atoms with Crippen molar-refractivity contribution in [1.82, 2.24) is 15.0 Å². The van der Waals surface area contributed by atoms with Crippen molar-refractivity contribution in [3.05, 3.63) is 28.5 Å². The summed E-state index contributed by atoms with van der Waals surface area (Å²) >= 11 is 1.60. The lowest BCUT2D eigenvalue weighted by Crippen LogP contribution is -2.03. The number of nitrogens with one attached hydrogen (secondary N) is 1. The number of hydrogen-bond donors (Lipinski definition) is 2. The normalized spacial score (nSPS) is 10.2. The molecule has 0 aliphatic carbocycles. The van der Waals surface area contributed by atoms with Crippen molar-refractivity contribution in [3.63, 3.8) is 0 Å². The second kappa shape index (κ2) is 4.22. The van der Waals surface area contributed by atoms with Gasteiger partial charge in [0.1, 0.15) is 17.5 Å². The van der Waals surface area contributed by atoms with Gasteiger partial charge in [0.2, 0.25) is 0 Å². The Hall–Kier alpha value is -1.69. The number of rotatable bonds is 3. The molecule has 0 unspecified atom stereocenters. The molecule has 0 fully saturated rings. The third-order valence-electron chi connectivity index (χ3n) is 1.78. The first-order valence-corrected chi connectivity index (χ1v) is 5.34. The molecule has 0 saturated carbocycles. The Labute approximate surface area is 91.4 Å².